The van der Waals surface area contributed by atoms with E-state index in [9.17, 15) is 9.59 Å². The van der Waals surface area contributed by atoms with Gasteiger partial charge in [-0.05, 0) is 48.9 Å². The lowest BCUT2D eigenvalue weighted by molar-refractivity contribution is -0.119. The molecule has 0 bridgehead atoms. The number of amides is 1. The second-order valence-electron chi connectivity index (χ2n) is 6.77. The van der Waals surface area contributed by atoms with E-state index in [4.69, 9.17) is 14.2 Å². The molecule has 1 aliphatic rings. The SMILES string of the molecule is CC[C@@H]1CCc2sc(C(=O)OCC(=O)Nc3cc(OC)ccc3OC)cc2C1. The summed E-state index contributed by atoms with van der Waals surface area (Å²) in [4.78, 5) is 26.4. The molecule has 1 amide bonds. The van der Waals surface area contributed by atoms with Crippen LogP contribution in [0.25, 0.3) is 0 Å². The maximum Gasteiger partial charge on any atom is 0.348 e. The highest BCUT2D eigenvalue weighted by Crippen LogP contribution is 2.34. The fourth-order valence-corrected chi connectivity index (χ4v) is 4.45. The van der Waals surface area contributed by atoms with Crippen LogP contribution in [0.3, 0.4) is 0 Å². The molecule has 2 aromatic rings. The van der Waals surface area contributed by atoms with E-state index in [1.165, 1.54) is 35.3 Å². The monoisotopic (exact) mass is 403 g/mol. The van der Waals surface area contributed by atoms with Crippen molar-refractivity contribution < 1.29 is 23.8 Å². The van der Waals surface area contributed by atoms with Crippen molar-refractivity contribution in [2.75, 3.05) is 26.1 Å². The van der Waals surface area contributed by atoms with Crippen molar-refractivity contribution >= 4 is 28.9 Å². The van der Waals surface area contributed by atoms with Crippen molar-refractivity contribution in [2.45, 2.75) is 32.6 Å². The largest absolute Gasteiger partial charge is 0.497 e. The highest BCUT2D eigenvalue weighted by molar-refractivity contribution is 7.14. The fraction of sp³-hybridized carbons (Fsp3) is 0.429. The smallest absolute Gasteiger partial charge is 0.348 e. The summed E-state index contributed by atoms with van der Waals surface area (Å²) in [5, 5.41) is 2.69. The Morgan fingerprint density at radius 2 is 2.04 bits per heavy atom. The first-order valence-corrected chi connectivity index (χ1v) is 10.2. The molecular weight excluding hydrogens is 378 g/mol. The van der Waals surface area contributed by atoms with Crippen LogP contribution in [-0.2, 0) is 22.4 Å². The number of nitrogens with one attached hydrogen (secondary N) is 1. The Morgan fingerprint density at radius 1 is 1.21 bits per heavy atom. The molecule has 1 N–H and O–H groups in total. The van der Waals surface area contributed by atoms with E-state index in [2.05, 4.69) is 12.2 Å². The van der Waals surface area contributed by atoms with Crippen molar-refractivity contribution in [3.05, 3.63) is 39.6 Å². The number of carbonyl (C=O) groups excluding carboxylic acids is 2. The zero-order valence-electron chi connectivity index (χ0n) is 16.4. The molecule has 150 valence electrons. The van der Waals surface area contributed by atoms with E-state index >= 15 is 0 Å². The Labute approximate surface area is 168 Å². The standard InChI is InChI=1S/C21H25NO5S/c1-4-13-5-8-18-14(9-13)10-19(28-18)21(24)27-12-20(23)22-16-11-15(25-2)6-7-17(16)26-3/h6-7,10-11,13H,4-5,8-9,12H2,1-3H3,(H,22,23)/t13-/m1/s1. The number of fused-ring (bicyclic) bond motifs is 1. The molecule has 0 fully saturated rings. The van der Waals surface area contributed by atoms with Gasteiger partial charge in [-0.3, -0.25) is 4.79 Å². The molecule has 3 rings (SSSR count). The zero-order chi connectivity index (χ0) is 20.1. The van der Waals surface area contributed by atoms with E-state index in [0.717, 1.165) is 19.3 Å². The minimum Gasteiger partial charge on any atom is -0.497 e. The fourth-order valence-electron chi connectivity index (χ4n) is 3.35. The molecule has 7 heteroatoms. The summed E-state index contributed by atoms with van der Waals surface area (Å²) in [7, 11) is 3.05. The molecule has 1 atom stereocenters. The second-order valence-corrected chi connectivity index (χ2v) is 7.90. The average molecular weight is 404 g/mol. The molecule has 0 saturated heterocycles. The van der Waals surface area contributed by atoms with E-state index in [1.54, 1.807) is 25.3 Å². The number of carbonyl (C=O) groups is 2. The molecular formula is C21H25NO5S. The van der Waals surface area contributed by atoms with Crippen LogP contribution in [0.4, 0.5) is 5.69 Å². The van der Waals surface area contributed by atoms with Crippen molar-refractivity contribution in [1.82, 2.24) is 0 Å². The maximum absolute atomic E-state index is 12.4. The summed E-state index contributed by atoms with van der Waals surface area (Å²) in [6.07, 6.45) is 4.36. The summed E-state index contributed by atoms with van der Waals surface area (Å²) in [5.74, 6) is 0.876. The van der Waals surface area contributed by atoms with Gasteiger partial charge in [-0.25, -0.2) is 4.79 Å². The average Bonchev–Trinajstić information content (AvgIpc) is 3.15. The lowest BCUT2D eigenvalue weighted by Gasteiger charge is -2.19. The van der Waals surface area contributed by atoms with Crippen molar-refractivity contribution in [3.63, 3.8) is 0 Å². The normalized spacial score (nSPS) is 15.5. The Balaban J connectivity index is 1.58. The molecule has 0 saturated carbocycles. The lowest BCUT2D eigenvalue weighted by Crippen LogP contribution is -2.21. The number of ether oxygens (including phenoxy) is 3. The number of esters is 1. The molecule has 1 aromatic carbocycles. The number of rotatable bonds is 7. The minimum absolute atomic E-state index is 0.362. The third-order valence-corrected chi connectivity index (χ3v) is 6.20. The molecule has 1 heterocycles. The van der Waals surface area contributed by atoms with E-state index in [-0.39, 0.29) is 6.61 Å². The minimum atomic E-state index is -0.458. The number of benzene rings is 1. The van der Waals surface area contributed by atoms with Crippen molar-refractivity contribution in [3.8, 4) is 11.5 Å². The zero-order valence-corrected chi connectivity index (χ0v) is 17.2. The van der Waals surface area contributed by atoms with Crippen LogP contribution in [0, 0.1) is 5.92 Å². The van der Waals surface area contributed by atoms with Crippen LogP contribution >= 0.6 is 11.3 Å². The van der Waals surface area contributed by atoms with Gasteiger partial charge in [0.05, 0.1) is 19.9 Å². The first-order valence-electron chi connectivity index (χ1n) is 9.34. The number of methoxy groups -OCH3 is 2. The van der Waals surface area contributed by atoms with Crippen molar-refractivity contribution in [1.29, 1.82) is 0 Å². The van der Waals surface area contributed by atoms with E-state index < -0.39 is 11.9 Å². The molecule has 0 unspecified atom stereocenters. The van der Waals surface area contributed by atoms with Crippen LogP contribution in [0.5, 0.6) is 11.5 Å². The van der Waals surface area contributed by atoms with Crippen LogP contribution in [0.2, 0.25) is 0 Å². The Morgan fingerprint density at radius 3 is 2.75 bits per heavy atom. The molecule has 0 aliphatic heterocycles. The van der Waals surface area contributed by atoms with Crippen LogP contribution < -0.4 is 14.8 Å². The number of hydrogen-bond donors (Lipinski definition) is 1. The number of thiophene rings is 1. The van der Waals surface area contributed by atoms with E-state index in [0.29, 0.717) is 28.0 Å². The molecule has 0 radical (unpaired) electrons. The maximum atomic E-state index is 12.4. The quantitative estimate of drug-likeness (QED) is 0.705. The van der Waals surface area contributed by atoms with Crippen molar-refractivity contribution in [2.24, 2.45) is 5.92 Å². The Hall–Kier alpha value is -2.54. The lowest BCUT2D eigenvalue weighted by atomic mass is 9.87. The summed E-state index contributed by atoms with van der Waals surface area (Å²) >= 11 is 1.48. The molecule has 1 aromatic heterocycles. The van der Waals surface area contributed by atoms with E-state index in [1.807, 2.05) is 6.07 Å². The van der Waals surface area contributed by atoms with Gasteiger partial charge in [-0.2, -0.15) is 0 Å². The van der Waals surface area contributed by atoms with Gasteiger partial charge in [0.15, 0.2) is 6.61 Å². The number of aryl methyl sites for hydroxylation is 1. The third-order valence-electron chi connectivity index (χ3n) is 4.98. The number of anilines is 1. The summed E-state index contributed by atoms with van der Waals surface area (Å²) < 4.78 is 15.6. The summed E-state index contributed by atoms with van der Waals surface area (Å²) in [5.41, 5.74) is 1.71. The molecule has 6 nitrogen and oxygen atoms in total. The van der Waals surface area contributed by atoms with Gasteiger partial charge in [0.25, 0.3) is 5.91 Å². The first-order chi connectivity index (χ1) is 13.5. The second kappa shape index (κ2) is 9.10. The highest BCUT2D eigenvalue weighted by atomic mass is 32.1. The summed E-state index contributed by atoms with van der Waals surface area (Å²) in [6, 6.07) is 7.00. The molecule has 1 aliphatic carbocycles. The van der Waals surface area contributed by atoms with Crippen LogP contribution in [0.1, 0.15) is 39.9 Å². The van der Waals surface area contributed by atoms with Gasteiger partial charge in [0.1, 0.15) is 16.4 Å². The molecule has 28 heavy (non-hydrogen) atoms. The van der Waals surface area contributed by atoms with Gasteiger partial charge < -0.3 is 19.5 Å². The van der Waals surface area contributed by atoms with Gasteiger partial charge in [0, 0.05) is 10.9 Å². The Bertz CT molecular complexity index is 860. The van der Waals surface area contributed by atoms with Gasteiger partial charge in [-0.15, -0.1) is 11.3 Å². The predicted octanol–water partition coefficient (Wildman–Crippen LogP) is 4.08. The Kier molecular flexibility index (Phi) is 6.57. The van der Waals surface area contributed by atoms with Crippen LogP contribution in [-0.4, -0.2) is 32.7 Å². The number of hydrogen-bond acceptors (Lipinski definition) is 6. The third kappa shape index (κ3) is 4.65. The topological polar surface area (TPSA) is 73.9 Å². The van der Waals surface area contributed by atoms with Gasteiger partial charge in [0.2, 0.25) is 0 Å². The summed E-state index contributed by atoms with van der Waals surface area (Å²) in [6.45, 7) is 1.84. The first kappa shape index (κ1) is 20.2. The van der Waals surface area contributed by atoms with Gasteiger partial charge in [-0.1, -0.05) is 13.3 Å². The predicted molar refractivity (Wildman–Crippen MR) is 109 cm³/mol. The van der Waals surface area contributed by atoms with Crippen LogP contribution in [0.15, 0.2) is 24.3 Å². The highest BCUT2D eigenvalue weighted by Gasteiger charge is 2.23. The molecule has 0 spiro atoms. The van der Waals surface area contributed by atoms with Gasteiger partial charge >= 0.3 is 5.97 Å².